The lowest BCUT2D eigenvalue weighted by Crippen LogP contribution is -2.31. The average molecular weight is 204 g/mol. The first kappa shape index (κ1) is 12.9. The van der Waals surface area contributed by atoms with Crippen molar-refractivity contribution >= 4 is 11.9 Å². The number of aliphatic hydroxyl groups excluding tert-OH is 1. The summed E-state index contributed by atoms with van der Waals surface area (Å²) in [6.45, 7) is 6.05. The molecule has 0 aromatic heterocycles. The van der Waals surface area contributed by atoms with Crippen molar-refractivity contribution < 1.29 is 24.2 Å². The first-order valence-corrected chi connectivity index (χ1v) is 4.43. The number of carbonyl (C=O) groups is 2. The van der Waals surface area contributed by atoms with E-state index in [1.807, 2.05) is 0 Å². The topological polar surface area (TPSA) is 72.8 Å². The number of aliphatic hydroxyl groups is 1. The summed E-state index contributed by atoms with van der Waals surface area (Å²) in [4.78, 5) is 22.0. The van der Waals surface area contributed by atoms with Crippen LogP contribution in [0.15, 0.2) is 0 Å². The minimum absolute atomic E-state index is 0.254. The summed E-state index contributed by atoms with van der Waals surface area (Å²) in [7, 11) is 0. The predicted molar refractivity (Wildman–Crippen MR) is 48.5 cm³/mol. The van der Waals surface area contributed by atoms with Gasteiger partial charge in [0.2, 0.25) is 0 Å². The number of ether oxygens (including phenoxy) is 2. The molecule has 0 aromatic rings. The third kappa shape index (κ3) is 4.81. The SMILES string of the molecule is CC(C)OC(=O)C(C)OC(=O)C(C)O. The molecular weight excluding hydrogens is 188 g/mol. The number of hydrogen-bond acceptors (Lipinski definition) is 5. The maximum atomic E-state index is 11.1. The highest BCUT2D eigenvalue weighted by molar-refractivity contribution is 5.80. The Morgan fingerprint density at radius 3 is 1.86 bits per heavy atom. The van der Waals surface area contributed by atoms with E-state index in [-0.39, 0.29) is 6.10 Å². The Labute approximate surface area is 83.0 Å². The van der Waals surface area contributed by atoms with Crippen LogP contribution in [0.1, 0.15) is 27.7 Å². The van der Waals surface area contributed by atoms with Gasteiger partial charge >= 0.3 is 11.9 Å². The molecule has 1 N–H and O–H groups in total. The Hall–Kier alpha value is -1.10. The summed E-state index contributed by atoms with van der Waals surface area (Å²) >= 11 is 0. The maximum Gasteiger partial charge on any atom is 0.347 e. The molecule has 0 aliphatic rings. The molecule has 0 amide bonds. The molecule has 0 heterocycles. The van der Waals surface area contributed by atoms with Crippen LogP contribution in [0, 0.1) is 0 Å². The van der Waals surface area contributed by atoms with Crippen molar-refractivity contribution in [3.05, 3.63) is 0 Å². The van der Waals surface area contributed by atoms with E-state index in [0.717, 1.165) is 0 Å². The van der Waals surface area contributed by atoms with Crippen molar-refractivity contribution in [2.45, 2.75) is 46.0 Å². The molecule has 14 heavy (non-hydrogen) atoms. The van der Waals surface area contributed by atoms with Crippen molar-refractivity contribution in [1.29, 1.82) is 0 Å². The Kier molecular flexibility index (Phi) is 5.15. The van der Waals surface area contributed by atoms with Gasteiger partial charge in [-0.05, 0) is 27.7 Å². The molecule has 0 radical (unpaired) electrons. The number of carbonyl (C=O) groups excluding carboxylic acids is 2. The molecule has 0 rings (SSSR count). The summed E-state index contributed by atoms with van der Waals surface area (Å²) in [5, 5.41) is 8.81. The van der Waals surface area contributed by atoms with E-state index in [0.29, 0.717) is 0 Å². The van der Waals surface area contributed by atoms with E-state index in [2.05, 4.69) is 4.74 Å². The van der Waals surface area contributed by atoms with Crippen molar-refractivity contribution in [3.63, 3.8) is 0 Å². The average Bonchev–Trinajstić information content (AvgIpc) is 2.02. The molecule has 0 bridgehead atoms. The van der Waals surface area contributed by atoms with Gasteiger partial charge in [0.25, 0.3) is 0 Å². The monoisotopic (exact) mass is 204 g/mol. The van der Waals surface area contributed by atoms with Crippen molar-refractivity contribution in [2.24, 2.45) is 0 Å². The van der Waals surface area contributed by atoms with Crippen molar-refractivity contribution in [2.75, 3.05) is 0 Å². The quantitative estimate of drug-likeness (QED) is 0.664. The van der Waals surface area contributed by atoms with E-state index in [4.69, 9.17) is 9.84 Å². The van der Waals surface area contributed by atoms with Crippen LogP contribution in [0.4, 0.5) is 0 Å². The van der Waals surface area contributed by atoms with Crippen LogP contribution in [0.25, 0.3) is 0 Å². The predicted octanol–water partition coefficient (Wildman–Crippen LogP) is 0.251. The van der Waals surface area contributed by atoms with E-state index < -0.39 is 24.1 Å². The zero-order chi connectivity index (χ0) is 11.3. The number of rotatable bonds is 4. The van der Waals surface area contributed by atoms with Gasteiger partial charge in [-0.2, -0.15) is 0 Å². The Morgan fingerprint density at radius 1 is 1.00 bits per heavy atom. The van der Waals surface area contributed by atoms with Crippen LogP contribution in [0.5, 0.6) is 0 Å². The third-order valence-corrected chi connectivity index (χ3v) is 1.32. The molecular formula is C9H16O5. The largest absolute Gasteiger partial charge is 0.460 e. The summed E-state index contributed by atoms with van der Waals surface area (Å²) in [5.41, 5.74) is 0. The molecule has 0 saturated carbocycles. The Bertz CT molecular complexity index is 209. The highest BCUT2D eigenvalue weighted by Gasteiger charge is 2.22. The standard InChI is InChI=1S/C9H16O5/c1-5(2)13-9(12)7(4)14-8(11)6(3)10/h5-7,10H,1-4H3. The molecule has 0 aliphatic carbocycles. The van der Waals surface area contributed by atoms with Crippen LogP contribution in [0.2, 0.25) is 0 Å². The molecule has 2 unspecified atom stereocenters. The van der Waals surface area contributed by atoms with Gasteiger partial charge in [0.1, 0.15) is 6.10 Å². The summed E-state index contributed by atoms with van der Waals surface area (Å²) in [6.07, 6.45) is -2.47. The molecule has 0 aliphatic heterocycles. The van der Waals surface area contributed by atoms with E-state index >= 15 is 0 Å². The van der Waals surface area contributed by atoms with Gasteiger partial charge in [-0.15, -0.1) is 0 Å². The van der Waals surface area contributed by atoms with Gasteiger partial charge in [-0.25, -0.2) is 9.59 Å². The highest BCUT2D eigenvalue weighted by atomic mass is 16.6. The molecule has 5 heteroatoms. The second kappa shape index (κ2) is 5.59. The summed E-state index contributed by atoms with van der Waals surface area (Å²) in [5.74, 6) is -1.45. The first-order chi connectivity index (χ1) is 6.34. The molecule has 0 saturated heterocycles. The molecule has 5 nitrogen and oxygen atoms in total. The Balaban J connectivity index is 4.01. The molecule has 0 aromatic carbocycles. The van der Waals surface area contributed by atoms with Crippen LogP contribution in [-0.2, 0) is 19.1 Å². The van der Waals surface area contributed by atoms with E-state index in [9.17, 15) is 9.59 Å². The number of esters is 2. The smallest absolute Gasteiger partial charge is 0.347 e. The van der Waals surface area contributed by atoms with Gasteiger partial charge in [0.15, 0.2) is 6.10 Å². The minimum Gasteiger partial charge on any atom is -0.460 e. The van der Waals surface area contributed by atoms with Crippen LogP contribution in [-0.4, -0.2) is 35.4 Å². The molecule has 2 atom stereocenters. The fraction of sp³-hybridized carbons (Fsp3) is 0.778. The van der Waals surface area contributed by atoms with Crippen LogP contribution in [0.3, 0.4) is 0 Å². The zero-order valence-corrected chi connectivity index (χ0v) is 8.81. The van der Waals surface area contributed by atoms with E-state index in [1.165, 1.54) is 13.8 Å². The Morgan fingerprint density at radius 2 is 1.50 bits per heavy atom. The molecule has 0 fully saturated rings. The van der Waals surface area contributed by atoms with Gasteiger partial charge < -0.3 is 14.6 Å². The van der Waals surface area contributed by atoms with Gasteiger partial charge in [-0.1, -0.05) is 0 Å². The normalized spacial score (nSPS) is 14.7. The molecule has 82 valence electrons. The fourth-order valence-corrected chi connectivity index (χ4v) is 0.649. The lowest BCUT2D eigenvalue weighted by molar-refractivity contribution is -0.173. The van der Waals surface area contributed by atoms with Gasteiger partial charge in [0.05, 0.1) is 6.10 Å². The van der Waals surface area contributed by atoms with Crippen molar-refractivity contribution in [1.82, 2.24) is 0 Å². The van der Waals surface area contributed by atoms with Gasteiger partial charge in [0, 0.05) is 0 Å². The second-order valence-electron chi connectivity index (χ2n) is 3.24. The van der Waals surface area contributed by atoms with Crippen LogP contribution >= 0.6 is 0 Å². The first-order valence-electron chi connectivity index (χ1n) is 4.43. The second-order valence-corrected chi connectivity index (χ2v) is 3.24. The lowest BCUT2D eigenvalue weighted by atomic mass is 10.3. The summed E-state index contributed by atoms with van der Waals surface area (Å²) in [6, 6.07) is 0. The highest BCUT2D eigenvalue weighted by Crippen LogP contribution is 2.00. The van der Waals surface area contributed by atoms with Gasteiger partial charge in [-0.3, -0.25) is 0 Å². The lowest BCUT2D eigenvalue weighted by Gasteiger charge is -2.15. The van der Waals surface area contributed by atoms with Crippen molar-refractivity contribution in [3.8, 4) is 0 Å². The summed E-state index contributed by atoms with van der Waals surface area (Å²) < 4.78 is 9.41. The molecule has 0 spiro atoms. The maximum absolute atomic E-state index is 11.1. The minimum atomic E-state index is -1.23. The third-order valence-electron chi connectivity index (χ3n) is 1.32. The van der Waals surface area contributed by atoms with Crippen LogP contribution < -0.4 is 0 Å². The number of hydrogen-bond donors (Lipinski definition) is 1. The fourth-order valence-electron chi connectivity index (χ4n) is 0.649. The zero-order valence-electron chi connectivity index (χ0n) is 8.81. The van der Waals surface area contributed by atoms with E-state index in [1.54, 1.807) is 13.8 Å².